The van der Waals surface area contributed by atoms with Crippen LogP contribution in [0.2, 0.25) is 0 Å². The third-order valence-corrected chi connectivity index (χ3v) is 19.5. The van der Waals surface area contributed by atoms with Crippen molar-refractivity contribution in [3.63, 3.8) is 0 Å². The van der Waals surface area contributed by atoms with Crippen molar-refractivity contribution in [2.45, 2.75) is 213 Å². The lowest BCUT2D eigenvalue weighted by atomic mass is 9.93. The zero-order valence-electron chi connectivity index (χ0n) is 63.6. The van der Waals surface area contributed by atoms with Gasteiger partial charge >= 0.3 is 6.18 Å². The zero-order chi connectivity index (χ0) is 77.7. The molecule has 0 aliphatic carbocycles. The Labute approximate surface area is 606 Å². The lowest BCUT2D eigenvalue weighted by Crippen LogP contribution is -2.62. The number of likely N-dealkylation sites (N-methyl/N-ethyl adjacent to an activating group) is 7. The Hall–Kier alpha value is -8.21. The first kappa shape index (κ1) is 87.2. The maximum absolute atomic E-state index is 15.5. The molecule has 0 aromatic heterocycles. The quantitative estimate of drug-likeness (QED) is 0.141. The first-order chi connectivity index (χ1) is 48.1. The minimum atomic E-state index is -5.16. The van der Waals surface area contributed by atoms with Crippen molar-refractivity contribution in [3.05, 3.63) is 71.8 Å². The second kappa shape index (κ2) is 40.2. The molecule has 5 N–H and O–H groups in total. The number of halogens is 3. The Morgan fingerprint density at radius 3 is 1.52 bits per heavy atom. The van der Waals surface area contributed by atoms with Crippen molar-refractivity contribution in [3.8, 4) is 0 Å². The largest absolute Gasteiger partial charge is 0.416 e. The summed E-state index contributed by atoms with van der Waals surface area (Å²) in [5, 5.41) is 21.0. The van der Waals surface area contributed by atoms with Gasteiger partial charge in [0, 0.05) is 75.3 Å². The highest BCUT2D eigenvalue weighted by molar-refractivity contribution is 6.00. The number of piperidine rings is 1. The summed E-state index contributed by atoms with van der Waals surface area (Å²) in [7, 11) is 9.33. The van der Waals surface area contributed by atoms with Crippen molar-refractivity contribution < 1.29 is 80.5 Å². The van der Waals surface area contributed by atoms with E-state index in [0.29, 0.717) is 30.4 Å². The van der Waals surface area contributed by atoms with E-state index in [1.807, 2.05) is 20.8 Å². The van der Waals surface area contributed by atoms with Gasteiger partial charge in [0.2, 0.25) is 70.9 Å². The lowest BCUT2D eigenvalue weighted by molar-refractivity contribution is -0.217. The minimum absolute atomic E-state index is 0.0172. The number of nitrogens with zero attached hydrogens (tertiary/aromatic N) is 8. The number of amides is 12. The number of ether oxygens (including phenoxy) is 1. The Morgan fingerprint density at radius 2 is 1.01 bits per heavy atom. The molecule has 0 bridgehead atoms. The number of nitrogens with one attached hydrogen (secondary N) is 4. The standard InChI is InChI=1S/C74H115F3N12O14/c1-19-48(10)63-67(96)81-62(47(8)9)73(102)82(12)41-61(92)84(14)55(36-45(4)5)65(94)79-53(70(99)89-33-27-22-28-34-89)40-60(91)83(13)49(11)64(93)80-54(42-103-43-59(90)74(75,76)77)69(98)86(16)57(37-46(6)7)71(100)85(15)56(38-50-29-23-20-24-30-50)66(95)78-52(35-44(2)3)68(97)87(17)58(72(101)88(63)18)39-51-31-25-21-26-32-51/h20-21,23-26,29-32,44-49,52-59,62-63,90H,19,22,27-28,33-43H2,1-18H3,(H,78,95)(H,79,94)(H,80,93)(H,81,96)/t48-,49-,52-,53-,54-,55-,56-,57-,58-,59?,62-,63-/m0/s1. The molecule has 576 valence electrons. The van der Waals surface area contributed by atoms with Crippen LogP contribution >= 0.6 is 0 Å². The number of aliphatic hydroxyl groups excluding tert-OH is 1. The van der Waals surface area contributed by atoms with Crippen molar-refractivity contribution in [1.82, 2.24) is 60.5 Å². The number of aliphatic hydroxyl groups is 1. The van der Waals surface area contributed by atoms with E-state index in [4.69, 9.17) is 4.74 Å². The average molecular weight is 1450 g/mol. The Balaban J connectivity index is 2.00. The fourth-order valence-electron chi connectivity index (χ4n) is 12.7. The molecule has 103 heavy (non-hydrogen) atoms. The molecule has 12 amide bonds. The summed E-state index contributed by atoms with van der Waals surface area (Å²) in [6.45, 7) is 16.5. The van der Waals surface area contributed by atoms with E-state index in [1.165, 1.54) is 71.0 Å². The van der Waals surface area contributed by atoms with Gasteiger partial charge in [-0.15, -0.1) is 0 Å². The number of carbonyl (C=O) groups is 12. The van der Waals surface area contributed by atoms with Gasteiger partial charge in [-0.25, -0.2) is 0 Å². The SMILES string of the molecule is CC[C@H](C)[C@H]1C(=O)N[C@@H](C(C)C)C(=O)N(C)CC(=O)N(C)[C@@H](CC(C)C)C(=O)N[C@H](C(=O)N2CCCCC2)CC(=O)N(C)[C@@H](C)C(=O)N[C@@H](COCC(O)C(F)(F)F)C(=O)N(C)[C@@H](CC(C)C)C(=O)N(C)[C@@H](Cc2ccccc2)C(=O)N[C@@H](CC(C)C)C(=O)N(C)[C@@H](Cc2ccccc2)C(=O)N1C. The molecule has 0 saturated carbocycles. The van der Waals surface area contributed by atoms with Crippen molar-refractivity contribution >= 4 is 70.9 Å². The normalized spacial score (nSPS) is 25.2. The maximum atomic E-state index is 15.5. The number of carbonyl (C=O) groups excluding carboxylic acids is 12. The molecule has 2 aliphatic heterocycles. The van der Waals surface area contributed by atoms with Gasteiger partial charge in [-0.1, -0.05) is 136 Å². The van der Waals surface area contributed by atoms with Gasteiger partial charge in [-0.05, 0) is 86.2 Å². The molecule has 29 heteroatoms. The number of rotatable bonds is 18. The van der Waals surface area contributed by atoms with E-state index in [0.717, 1.165) is 30.9 Å². The molecular weight excluding hydrogens is 1340 g/mol. The van der Waals surface area contributed by atoms with Crippen LogP contribution in [0.4, 0.5) is 13.2 Å². The number of benzene rings is 2. The molecule has 2 aliphatic rings. The van der Waals surface area contributed by atoms with E-state index >= 15 is 28.8 Å². The van der Waals surface area contributed by atoms with Crippen LogP contribution in [0.5, 0.6) is 0 Å². The highest BCUT2D eigenvalue weighted by atomic mass is 19.4. The molecule has 26 nitrogen and oxygen atoms in total. The van der Waals surface area contributed by atoms with Crippen LogP contribution in [0.1, 0.15) is 139 Å². The van der Waals surface area contributed by atoms with Gasteiger partial charge in [0.25, 0.3) is 0 Å². The number of hydrogen-bond donors (Lipinski definition) is 5. The fraction of sp³-hybridized carbons (Fsp3) is 0.676. The Bertz CT molecular complexity index is 3190. The molecular formula is C74H115F3N12O14. The van der Waals surface area contributed by atoms with E-state index in [9.17, 15) is 47.0 Å². The van der Waals surface area contributed by atoms with E-state index < -0.39 is 182 Å². The first-order valence-corrected chi connectivity index (χ1v) is 35.9. The first-order valence-electron chi connectivity index (χ1n) is 35.9. The zero-order valence-corrected chi connectivity index (χ0v) is 63.6. The minimum Gasteiger partial charge on any atom is -0.382 e. The summed E-state index contributed by atoms with van der Waals surface area (Å²) in [5.74, 6) is -11.7. The predicted molar refractivity (Wildman–Crippen MR) is 381 cm³/mol. The predicted octanol–water partition coefficient (Wildman–Crippen LogP) is 4.05. The summed E-state index contributed by atoms with van der Waals surface area (Å²) in [6, 6.07) is 3.02. The van der Waals surface area contributed by atoms with Gasteiger partial charge in [0.15, 0.2) is 6.10 Å². The van der Waals surface area contributed by atoms with Gasteiger partial charge in [0.05, 0.1) is 26.2 Å². The van der Waals surface area contributed by atoms with Crippen molar-refractivity contribution in [2.24, 2.45) is 29.6 Å². The van der Waals surface area contributed by atoms with E-state index in [-0.39, 0.29) is 62.9 Å². The van der Waals surface area contributed by atoms with Gasteiger partial charge in [-0.3, -0.25) is 57.5 Å². The Kier molecular flexibility index (Phi) is 34.0. The summed E-state index contributed by atoms with van der Waals surface area (Å²) in [6.07, 6.45) is -6.78. The van der Waals surface area contributed by atoms with Crippen LogP contribution in [0.25, 0.3) is 0 Å². The van der Waals surface area contributed by atoms with Gasteiger partial charge in [0.1, 0.15) is 60.4 Å². The van der Waals surface area contributed by atoms with Gasteiger partial charge < -0.3 is 70.3 Å². The van der Waals surface area contributed by atoms with Crippen LogP contribution in [0, 0.1) is 29.6 Å². The van der Waals surface area contributed by atoms with Crippen LogP contribution in [-0.4, -0.2) is 270 Å². The van der Waals surface area contributed by atoms with Crippen LogP contribution in [-0.2, 0) is 75.1 Å². The topological polar surface area (TPSA) is 308 Å². The van der Waals surface area contributed by atoms with Crippen LogP contribution in [0.15, 0.2) is 60.7 Å². The van der Waals surface area contributed by atoms with Crippen molar-refractivity contribution in [1.29, 1.82) is 0 Å². The molecule has 12 atom stereocenters. The second-order valence-corrected chi connectivity index (χ2v) is 29.4. The van der Waals surface area contributed by atoms with Gasteiger partial charge in [-0.2, -0.15) is 13.2 Å². The van der Waals surface area contributed by atoms with Crippen molar-refractivity contribution in [2.75, 3.05) is 82.2 Å². The maximum Gasteiger partial charge on any atom is 0.416 e. The van der Waals surface area contributed by atoms with Crippen LogP contribution < -0.4 is 21.3 Å². The third-order valence-electron chi connectivity index (χ3n) is 19.5. The molecule has 4 rings (SSSR count). The summed E-state index contributed by atoms with van der Waals surface area (Å²) < 4.78 is 46.4. The summed E-state index contributed by atoms with van der Waals surface area (Å²) in [4.78, 5) is 189. The lowest BCUT2D eigenvalue weighted by Gasteiger charge is -2.39. The third kappa shape index (κ3) is 25.0. The molecule has 2 aromatic carbocycles. The molecule has 2 fully saturated rings. The highest BCUT2D eigenvalue weighted by Crippen LogP contribution is 2.26. The summed E-state index contributed by atoms with van der Waals surface area (Å²) in [5.41, 5.74) is 1.21. The molecule has 2 heterocycles. The average Bonchev–Trinajstić information content (AvgIpc) is 0.808. The summed E-state index contributed by atoms with van der Waals surface area (Å²) >= 11 is 0. The monoisotopic (exact) mass is 1450 g/mol. The fourth-order valence-corrected chi connectivity index (χ4v) is 12.7. The van der Waals surface area contributed by atoms with E-state index in [1.54, 1.807) is 109 Å². The molecule has 1 unspecified atom stereocenters. The Morgan fingerprint density at radius 1 is 0.534 bits per heavy atom. The van der Waals surface area contributed by atoms with Crippen LogP contribution in [0.3, 0.4) is 0 Å². The highest BCUT2D eigenvalue weighted by Gasteiger charge is 2.45. The number of likely N-dealkylation sites (tertiary alicyclic amines) is 1. The van der Waals surface area contributed by atoms with E-state index in [2.05, 4.69) is 21.3 Å². The molecule has 0 spiro atoms. The number of hydrogen-bond acceptors (Lipinski definition) is 14. The second-order valence-electron chi connectivity index (χ2n) is 29.4. The number of alkyl halides is 3. The molecule has 0 radical (unpaired) electrons. The molecule has 2 aromatic rings. The smallest absolute Gasteiger partial charge is 0.382 e. The molecule has 2 saturated heterocycles.